The zero-order valence-electron chi connectivity index (χ0n) is 11.1. The number of hydrogen-bond donors (Lipinski definition) is 1. The van der Waals surface area contributed by atoms with Crippen molar-refractivity contribution in [3.63, 3.8) is 0 Å². The molecule has 1 aliphatic carbocycles. The molecule has 2 heteroatoms. The van der Waals surface area contributed by atoms with Crippen LogP contribution in [0.3, 0.4) is 0 Å². The van der Waals surface area contributed by atoms with E-state index in [1.165, 1.54) is 64.2 Å². The van der Waals surface area contributed by atoms with Gasteiger partial charge in [-0.1, -0.05) is 70.6 Å². The third-order valence-electron chi connectivity index (χ3n) is 3.98. The summed E-state index contributed by atoms with van der Waals surface area (Å²) in [5.74, 6) is 0.347. The Morgan fingerprint density at radius 1 is 0.882 bits per heavy atom. The van der Waals surface area contributed by atoms with Crippen LogP contribution in [0, 0.1) is 5.92 Å². The maximum Gasteiger partial charge on any atom is 0.303 e. The van der Waals surface area contributed by atoms with Crippen LogP contribution in [-0.2, 0) is 4.79 Å². The van der Waals surface area contributed by atoms with Crippen LogP contribution >= 0.6 is 0 Å². The minimum absolute atomic E-state index is 0.350. The number of rotatable bonds is 8. The van der Waals surface area contributed by atoms with E-state index in [0.717, 1.165) is 18.8 Å². The largest absolute Gasteiger partial charge is 0.481 e. The van der Waals surface area contributed by atoms with E-state index in [2.05, 4.69) is 0 Å². The third-order valence-corrected chi connectivity index (χ3v) is 3.98. The molecule has 0 aliphatic heterocycles. The van der Waals surface area contributed by atoms with Gasteiger partial charge in [0, 0.05) is 6.42 Å². The van der Waals surface area contributed by atoms with Crippen LogP contribution in [0.4, 0.5) is 0 Å². The van der Waals surface area contributed by atoms with Crippen molar-refractivity contribution in [1.29, 1.82) is 0 Å². The van der Waals surface area contributed by atoms with E-state index < -0.39 is 5.97 Å². The fourth-order valence-corrected chi connectivity index (χ4v) is 2.89. The molecule has 1 saturated carbocycles. The van der Waals surface area contributed by atoms with Crippen LogP contribution in [0.15, 0.2) is 0 Å². The Hall–Kier alpha value is -0.530. The normalized spacial score (nSPS) is 17.9. The summed E-state index contributed by atoms with van der Waals surface area (Å²) < 4.78 is 0. The Morgan fingerprint density at radius 3 is 2.12 bits per heavy atom. The van der Waals surface area contributed by atoms with Gasteiger partial charge in [-0.15, -0.1) is 0 Å². The number of carbonyl (C=O) groups is 1. The van der Waals surface area contributed by atoms with Gasteiger partial charge in [0.1, 0.15) is 0 Å². The summed E-state index contributed by atoms with van der Waals surface area (Å²) in [4.78, 5) is 10.3. The molecule has 0 saturated heterocycles. The lowest BCUT2D eigenvalue weighted by molar-refractivity contribution is -0.137. The van der Waals surface area contributed by atoms with Gasteiger partial charge >= 0.3 is 5.97 Å². The molecule has 0 heterocycles. The Labute approximate surface area is 106 Å². The molecule has 2 nitrogen and oxygen atoms in total. The molecule has 1 fully saturated rings. The Morgan fingerprint density at radius 2 is 1.47 bits per heavy atom. The van der Waals surface area contributed by atoms with Crippen molar-refractivity contribution in [2.75, 3.05) is 0 Å². The lowest BCUT2D eigenvalue weighted by atomic mass is 9.93. The zero-order chi connectivity index (χ0) is 12.3. The third kappa shape index (κ3) is 8.23. The number of aliphatic carboxylic acids is 1. The molecule has 0 spiro atoms. The lowest BCUT2D eigenvalue weighted by Gasteiger charge is -2.13. The van der Waals surface area contributed by atoms with Crippen molar-refractivity contribution in [2.24, 2.45) is 5.92 Å². The second-order valence-corrected chi connectivity index (χ2v) is 5.56. The first kappa shape index (κ1) is 14.5. The van der Waals surface area contributed by atoms with E-state index >= 15 is 0 Å². The van der Waals surface area contributed by atoms with Gasteiger partial charge in [0.15, 0.2) is 0 Å². The minimum Gasteiger partial charge on any atom is -0.481 e. The van der Waals surface area contributed by atoms with Gasteiger partial charge in [-0.3, -0.25) is 4.79 Å². The van der Waals surface area contributed by atoms with Crippen LogP contribution in [0.25, 0.3) is 0 Å². The van der Waals surface area contributed by atoms with Gasteiger partial charge in [0.25, 0.3) is 0 Å². The highest BCUT2D eigenvalue weighted by molar-refractivity contribution is 5.66. The molecule has 1 aliphatic rings. The summed E-state index contributed by atoms with van der Waals surface area (Å²) in [7, 11) is 0. The topological polar surface area (TPSA) is 37.3 Å². The smallest absolute Gasteiger partial charge is 0.303 e. The predicted octanol–water partition coefficient (Wildman–Crippen LogP) is 4.77. The van der Waals surface area contributed by atoms with Gasteiger partial charge < -0.3 is 5.11 Å². The first-order valence-corrected chi connectivity index (χ1v) is 7.51. The average Bonchev–Trinajstić information content (AvgIpc) is 2.56. The fraction of sp³-hybridized carbons (Fsp3) is 0.933. The highest BCUT2D eigenvalue weighted by Crippen LogP contribution is 2.27. The first-order chi connectivity index (χ1) is 8.29. The Balaban J connectivity index is 1.87. The maximum absolute atomic E-state index is 10.3. The van der Waals surface area contributed by atoms with Crippen LogP contribution < -0.4 is 0 Å². The lowest BCUT2D eigenvalue weighted by Crippen LogP contribution is -1.98. The van der Waals surface area contributed by atoms with Crippen LogP contribution in [0.5, 0.6) is 0 Å². The van der Waals surface area contributed by atoms with E-state index in [4.69, 9.17) is 5.11 Å². The van der Waals surface area contributed by atoms with E-state index in [1.54, 1.807) is 0 Å². The van der Waals surface area contributed by atoms with Gasteiger partial charge in [0.05, 0.1) is 0 Å². The second kappa shape index (κ2) is 9.49. The van der Waals surface area contributed by atoms with Crippen molar-refractivity contribution in [2.45, 2.75) is 83.5 Å². The first-order valence-electron chi connectivity index (χ1n) is 7.51. The van der Waals surface area contributed by atoms with Crippen molar-refractivity contribution < 1.29 is 9.90 Å². The Bertz CT molecular complexity index is 193. The molecule has 0 bridgehead atoms. The van der Waals surface area contributed by atoms with E-state index in [1.807, 2.05) is 0 Å². The minimum atomic E-state index is -0.650. The summed E-state index contributed by atoms with van der Waals surface area (Å²) in [6.07, 6.45) is 16.3. The van der Waals surface area contributed by atoms with Crippen molar-refractivity contribution >= 4 is 5.97 Å². The van der Waals surface area contributed by atoms with Gasteiger partial charge in [-0.25, -0.2) is 0 Å². The summed E-state index contributed by atoms with van der Waals surface area (Å²) in [6, 6.07) is 0. The molecule has 0 amide bonds. The maximum atomic E-state index is 10.3. The van der Waals surface area contributed by atoms with Crippen LogP contribution in [0.2, 0.25) is 0 Å². The molecule has 0 radical (unpaired) electrons. The summed E-state index contributed by atoms with van der Waals surface area (Å²) in [5.41, 5.74) is 0. The van der Waals surface area contributed by atoms with Gasteiger partial charge in [-0.05, 0) is 12.3 Å². The monoisotopic (exact) mass is 240 g/mol. The SMILES string of the molecule is O=C(O)CCCCCCCC1CCCCCC1. The second-order valence-electron chi connectivity index (χ2n) is 5.56. The standard InChI is InChI=1S/C15H28O2/c16-15(17)13-9-3-1-2-6-10-14-11-7-4-5-8-12-14/h14H,1-13H2,(H,16,17). The number of unbranched alkanes of at least 4 members (excludes halogenated alkanes) is 4. The summed E-state index contributed by atoms with van der Waals surface area (Å²) in [5, 5.41) is 8.51. The van der Waals surface area contributed by atoms with E-state index in [9.17, 15) is 4.79 Å². The molecule has 0 aromatic carbocycles. The fourth-order valence-electron chi connectivity index (χ4n) is 2.89. The Kier molecular flexibility index (Phi) is 8.12. The summed E-state index contributed by atoms with van der Waals surface area (Å²) >= 11 is 0. The highest BCUT2D eigenvalue weighted by atomic mass is 16.4. The van der Waals surface area contributed by atoms with Crippen molar-refractivity contribution in [3.05, 3.63) is 0 Å². The van der Waals surface area contributed by atoms with Crippen molar-refractivity contribution in [3.8, 4) is 0 Å². The summed E-state index contributed by atoms with van der Waals surface area (Å²) in [6.45, 7) is 0. The van der Waals surface area contributed by atoms with Crippen LogP contribution in [-0.4, -0.2) is 11.1 Å². The molecule has 1 N–H and O–H groups in total. The average molecular weight is 240 g/mol. The van der Waals surface area contributed by atoms with E-state index in [-0.39, 0.29) is 0 Å². The van der Waals surface area contributed by atoms with Gasteiger partial charge in [0.2, 0.25) is 0 Å². The quantitative estimate of drug-likeness (QED) is 0.490. The number of carboxylic acids is 1. The molecule has 1 rings (SSSR count). The van der Waals surface area contributed by atoms with Crippen LogP contribution in [0.1, 0.15) is 83.5 Å². The molecule has 0 atom stereocenters. The zero-order valence-corrected chi connectivity index (χ0v) is 11.1. The molecular weight excluding hydrogens is 212 g/mol. The molecule has 17 heavy (non-hydrogen) atoms. The molecule has 0 aromatic rings. The number of carboxylic acid groups (broad SMARTS) is 1. The molecular formula is C15H28O2. The highest BCUT2D eigenvalue weighted by Gasteiger charge is 2.11. The molecule has 100 valence electrons. The molecule has 0 unspecified atom stereocenters. The van der Waals surface area contributed by atoms with Gasteiger partial charge in [-0.2, -0.15) is 0 Å². The van der Waals surface area contributed by atoms with Crippen molar-refractivity contribution in [1.82, 2.24) is 0 Å². The molecule has 0 aromatic heterocycles. The van der Waals surface area contributed by atoms with E-state index in [0.29, 0.717) is 6.42 Å². The predicted molar refractivity (Wildman–Crippen MR) is 71.1 cm³/mol. The number of hydrogen-bond acceptors (Lipinski definition) is 1.